The zero-order chi connectivity index (χ0) is 12.8. The summed E-state index contributed by atoms with van der Waals surface area (Å²) < 4.78 is 7.06. The standard InChI is InChI=1S/C15H17NO2/c1-2-11-18-15(17)14-9-6-10-16(14)12-13-7-4-3-5-8-13/h3-10H,2,11-12H2,1H3. The zero-order valence-electron chi connectivity index (χ0n) is 10.5. The van der Waals surface area contributed by atoms with Gasteiger partial charge in [-0.1, -0.05) is 37.3 Å². The highest BCUT2D eigenvalue weighted by molar-refractivity contribution is 5.87. The van der Waals surface area contributed by atoms with Gasteiger partial charge >= 0.3 is 5.97 Å². The Morgan fingerprint density at radius 2 is 1.94 bits per heavy atom. The van der Waals surface area contributed by atoms with Crippen molar-refractivity contribution in [1.29, 1.82) is 0 Å². The van der Waals surface area contributed by atoms with E-state index >= 15 is 0 Å². The van der Waals surface area contributed by atoms with Crippen LogP contribution in [0.3, 0.4) is 0 Å². The average molecular weight is 243 g/mol. The molecule has 3 nitrogen and oxygen atoms in total. The first-order valence-electron chi connectivity index (χ1n) is 6.17. The Morgan fingerprint density at radius 3 is 2.67 bits per heavy atom. The Bertz CT molecular complexity index is 502. The summed E-state index contributed by atoms with van der Waals surface area (Å²) in [5, 5.41) is 0. The van der Waals surface area contributed by atoms with Gasteiger partial charge in [-0.25, -0.2) is 4.79 Å². The maximum Gasteiger partial charge on any atom is 0.354 e. The van der Waals surface area contributed by atoms with E-state index in [1.165, 1.54) is 5.56 Å². The van der Waals surface area contributed by atoms with Crippen LogP contribution in [0, 0.1) is 0 Å². The molecule has 1 heterocycles. The van der Waals surface area contributed by atoms with Crippen molar-refractivity contribution in [1.82, 2.24) is 4.57 Å². The fourth-order valence-electron chi connectivity index (χ4n) is 1.79. The van der Waals surface area contributed by atoms with Crippen LogP contribution in [0.5, 0.6) is 0 Å². The van der Waals surface area contributed by atoms with Crippen molar-refractivity contribution in [2.24, 2.45) is 0 Å². The van der Waals surface area contributed by atoms with Crippen molar-refractivity contribution in [3.05, 3.63) is 59.9 Å². The van der Waals surface area contributed by atoms with Crippen LogP contribution < -0.4 is 0 Å². The number of hydrogen-bond donors (Lipinski definition) is 0. The van der Waals surface area contributed by atoms with Crippen molar-refractivity contribution >= 4 is 5.97 Å². The van der Waals surface area contributed by atoms with Crippen LogP contribution in [0.2, 0.25) is 0 Å². The van der Waals surface area contributed by atoms with Crippen LogP contribution in [-0.2, 0) is 11.3 Å². The van der Waals surface area contributed by atoms with Crippen LogP contribution in [0.4, 0.5) is 0 Å². The number of rotatable bonds is 5. The van der Waals surface area contributed by atoms with E-state index in [1.807, 2.05) is 54.1 Å². The molecule has 0 fully saturated rings. The minimum atomic E-state index is -0.252. The second-order valence-corrected chi connectivity index (χ2v) is 4.14. The molecule has 0 atom stereocenters. The molecule has 0 amide bonds. The molecular weight excluding hydrogens is 226 g/mol. The third-order valence-corrected chi connectivity index (χ3v) is 2.67. The molecule has 0 saturated carbocycles. The first-order valence-corrected chi connectivity index (χ1v) is 6.17. The molecule has 0 N–H and O–H groups in total. The second-order valence-electron chi connectivity index (χ2n) is 4.14. The molecule has 0 aliphatic rings. The molecule has 0 saturated heterocycles. The van der Waals surface area contributed by atoms with E-state index in [-0.39, 0.29) is 5.97 Å². The lowest BCUT2D eigenvalue weighted by molar-refractivity contribution is 0.0493. The van der Waals surface area contributed by atoms with Gasteiger partial charge in [-0.15, -0.1) is 0 Å². The Hall–Kier alpha value is -2.03. The molecule has 1 aromatic heterocycles. The number of ether oxygens (including phenoxy) is 1. The van der Waals surface area contributed by atoms with Gasteiger partial charge in [0.15, 0.2) is 0 Å². The normalized spacial score (nSPS) is 10.3. The molecular formula is C15H17NO2. The van der Waals surface area contributed by atoms with E-state index in [1.54, 1.807) is 6.07 Å². The van der Waals surface area contributed by atoms with Gasteiger partial charge in [-0.3, -0.25) is 0 Å². The Morgan fingerprint density at radius 1 is 1.17 bits per heavy atom. The minimum Gasteiger partial charge on any atom is -0.461 e. The second kappa shape index (κ2) is 6.05. The lowest BCUT2D eigenvalue weighted by atomic mass is 10.2. The number of carbonyl (C=O) groups is 1. The molecule has 0 aliphatic carbocycles. The predicted molar refractivity (Wildman–Crippen MR) is 70.5 cm³/mol. The number of aromatic nitrogens is 1. The molecule has 2 rings (SSSR count). The average Bonchev–Trinajstić information content (AvgIpc) is 2.85. The highest BCUT2D eigenvalue weighted by atomic mass is 16.5. The topological polar surface area (TPSA) is 31.2 Å². The number of esters is 1. The van der Waals surface area contributed by atoms with Gasteiger partial charge in [-0.05, 0) is 24.1 Å². The summed E-state index contributed by atoms with van der Waals surface area (Å²) >= 11 is 0. The summed E-state index contributed by atoms with van der Waals surface area (Å²) in [4.78, 5) is 11.8. The largest absolute Gasteiger partial charge is 0.461 e. The molecule has 0 spiro atoms. The Balaban J connectivity index is 2.10. The number of carbonyl (C=O) groups excluding carboxylic acids is 1. The van der Waals surface area contributed by atoms with Crippen molar-refractivity contribution in [2.45, 2.75) is 19.9 Å². The lowest BCUT2D eigenvalue weighted by Crippen LogP contribution is -2.12. The van der Waals surface area contributed by atoms with E-state index in [0.29, 0.717) is 18.8 Å². The number of benzene rings is 1. The van der Waals surface area contributed by atoms with Gasteiger partial charge in [0.2, 0.25) is 0 Å². The van der Waals surface area contributed by atoms with Crippen LogP contribution in [0.1, 0.15) is 29.4 Å². The van der Waals surface area contributed by atoms with E-state index < -0.39 is 0 Å². The third kappa shape index (κ3) is 3.00. The summed E-state index contributed by atoms with van der Waals surface area (Å²) in [6.07, 6.45) is 2.74. The summed E-state index contributed by atoms with van der Waals surface area (Å²) in [6, 6.07) is 13.7. The smallest absolute Gasteiger partial charge is 0.354 e. The molecule has 0 radical (unpaired) electrons. The quantitative estimate of drug-likeness (QED) is 0.755. The van der Waals surface area contributed by atoms with E-state index in [4.69, 9.17) is 4.74 Å². The number of nitrogens with zero attached hydrogens (tertiary/aromatic N) is 1. The van der Waals surface area contributed by atoms with Gasteiger partial charge in [-0.2, -0.15) is 0 Å². The molecule has 3 heteroatoms. The SMILES string of the molecule is CCCOC(=O)c1cccn1Cc1ccccc1. The van der Waals surface area contributed by atoms with Crippen LogP contribution in [-0.4, -0.2) is 17.1 Å². The van der Waals surface area contributed by atoms with Crippen LogP contribution in [0.25, 0.3) is 0 Å². The minimum absolute atomic E-state index is 0.252. The number of hydrogen-bond acceptors (Lipinski definition) is 2. The molecule has 0 bridgehead atoms. The van der Waals surface area contributed by atoms with Crippen molar-refractivity contribution < 1.29 is 9.53 Å². The predicted octanol–water partition coefficient (Wildman–Crippen LogP) is 3.10. The van der Waals surface area contributed by atoms with Gasteiger partial charge in [0.05, 0.1) is 6.61 Å². The Labute approximate surface area is 107 Å². The summed E-state index contributed by atoms with van der Waals surface area (Å²) in [7, 11) is 0. The van der Waals surface area contributed by atoms with Gasteiger partial charge in [0.1, 0.15) is 5.69 Å². The van der Waals surface area contributed by atoms with Gasteiger partial charge < -0.3 is 9.30 Å². The molecule has 2 aromatic rings. The maximum atomic E-state index is 11.8. The summed E-state index contributed by atoms with van der Waals surface area (Å²) in [6.45, 7) is 3.13. The lowest BCUT2D eigenvalue weighted by Gasteiger charge is -2.09. The fraction of sp³-hybridized carbons (Fsp3) is 0.267. The molecule has 1 aromatic carbocycles. The first-order chi connectivity index (χ1) is 8.81. The maximum absolute atomic E-state index is 11.8. The van der Waals surface area contributed by atoms with Crippen molar-refractivity contribution in [3.8, 4) is 0 Å². The van der Waals surface area contributed by atoms with Crippen molar-refractivity contribution in [2.75, 3.05) is 6.61 Å². The molecule has 18 heavy (non-hydrogen) atoms. The monoisotopic (exact) mass is 243 g/mol. The van der Waals surface area contributed by atoms with Gasteiger partial charge in [0.25, 0.3) is 0 Å². The fourth-order valence-corrected chi connectivity index (χ4v) is 1.79. The summed E-state index contributed by atoms with van der Waals surface area (Å²) in [5.74, 6) is -0.252. The van der Waals surface area contributed by atoms with Crippen LogP contribution in [0.15, 0.2) is 48.7 Å². The van der Waals surface area contributed by atoms with E-state index in [0.717, 1.165) is 6.42 Å². The highest BCUT2D eigenvalue weighted by Gasteiger charge is 2.11. The molecule has 0 aliphatic heterocycles. The van der Waals surface area contributed by atoms with Crippen LogP contribution >= 0.6 is 0 Å². The molecule has 94 valence electrons. The highest BCUT2D eigenvalue weighted by Crippen LogP contribution is 2.09. The molecule has 0 unspecified atom stereocenters. The van der Waals surface area contributed by atoms with Crippen molar-refractivity contribution in [3.63, 3.8) is 0 Å². The van der Waals surface area contributed by atoms with E-state index in [2.05, 4.69) is 0 Å². The zero-order valence-corrected chi connectivity index (χ0v) is 10.5. The first kappa shape index (κ1) is 12.4. The summed E-state index contributed by atoms with van der Waals surface area (Å²) in [5.41, 5.74) is 1.77. The van der Waals surface area contributed by atoms with E-state index in [9.17, 15) is 4.79 Å². The third-order valence-electron chi connectivity index (χ3n) is 2.67. The Kier molecular flexibility index (Phi) is 4.18. The van der Waals surface area contributed by atoms with Gasteiger partial charge in [0, 0.05) is 12.7 Å².